The van der Waals surface area contributed by atoms with Crippen molar-refractivity contribution in [1.82, 2.24) is 4.90 Å². The van der Waals surface area contributed by atoms with Crippen LogP contribution in [0.5, 0.6) is 5.75 Å². The lowest BCUT2D eigenvalue weighted by molar-refractivity contribution is -0.757. The minimum Gasteiger partial charge on any atom is -0.464 e. The van der Waals surface area contributed by atoms with Gasteiger partial charge in [0.2, 0.25) is 0 Å². The zero-order valence-electron chi connectivity index (χ0n) is 15.2. The summed E-state index contributed by atoms with van der Waals surface area (Å²) in [7, 11) is 0. The van der Waals surface area contributed by atoms with E-state index in [-0.39, 0.29) is 24.5 Å². The number of para-hydroxylation sites is 1. The predicted molar refractivity (Wildman–Crippen MR) is 98.2 cm³/mol. The first-order valence-corrected chi connectivity index (χ1v) is 9.65. The quantitative estimate of drug-likeness (QED) is 0.196. The monoisotopic (exact) mass is 412 g/mol. The molecule has 2 rings (SSSR count). The fourth-order valence-electron chi connectivity index (χ4n) is 2.49. The summed E-state index contributed by atoms with van der Waals surface area (Å²) in [5.41, 5.74) is 0.190. The Morgan fingerprint density at radius 1 is 1.25 bits per heavy atom. The first-order valence-electron chi connectivity index (χ1n) is 8.50. The molecule has 0 aromatic heterocycles. The fraction of sp³-hybridized carbons (Fsp3) is 0.471. The van der Waals surface area contributed by atoms with E-state index in [1.807, 2.05) is 0 Å². The molecule has 28 heavy (non-hydrogen) atoms. The van der Waals surface area contributed by atoms with Gasteiger partial charge in [0, 0.05) is 12.7 Å². The van der Waals surface area contributed by atoms with Crippen LogP contribution in [0.25, 0.3) is 0 Å². The summed E-state index contributed by atoms with van der Waals surface area (Å²) in [5.74, 6) is -0.682. The van der Waals surface area contributed by atoms with Crippen LogP contribution in [0.4, 0.5) is 0 Å². The summed E-state index contributed by atoms with van der Waals surface area (Å²) in [4.78, 5) is 52.1. The van der Waals surface area contributed by atoms with Gasteiger partial charge in [-0.25, -0.2) is 4.79 Å². The third-order valence-corrected chi connectivity index (χ3v) is 4.78. The summed E-state index contributed by atoms with van der Waals surface area (Å²) in [5, 5.41) is 9.17. The van der Waals surface area contributed by atoms with E-state index < -0.39 is 29.0 Å². The molecule has 152 valence electrons. The Balaban J connectivity index is 1.93. The Bertz CT molecular complexity index is 742. The van der Waals surface area contributed by atoms with E-state index in [1.54, 1.807) is 12.1 Å². The van der Waals surface area contributed by atoms with Gasteiger partial charge in [-0.3, -0.25) is 9.59 Å². The molecule has 0 radical (unpaired) electrons. The summed E-state index contributed by atoms with van der Waals surface area (Å²) in [6, 6.07) is 5.57. The summed E-state index contributed by atoms with van der Waals surface area (Å²) in [6.07, 6.45) is 0.773. The van der Waals surface area contributed by atoms with Crippen LogP contribution in [0.3, 0.4) is 0 Å². The molecule has 0 aliphatic carbocycles. The molecule has 0 spiro atoms. The normalized spacial score (nSPS) is 15.8. The van der Waals surface area contributed by atoms with Crippen LogP contribution in [0.15, 0.2) is 24.3 Å². The van der Waals surface area contributed by atoms with Gasteiger partial charge in [-0.15, -0.1) is 21.9 Å². The van der Waals surface area contributed by atoms with Crippen molar-refractivity contribution in [2.75, 3.05) is 24.8 Å². The van der Waals surface area contributed by atoms with Crippen molar-refractivity contribution in [1.29, 1.82) is 0 Å². The van der Waals surface area contributed by atoms with Crippen molar-refractivity contribution in [2.24, 2.45) is 0 Å². The molecule has 10 nitrogen and oxygen atoms in total. The standard InChI is InChI=1S/C17H20N2O8S/c1-12(20)27-15-7-3-2-6-13(15)16(21)18-11-28-10-14(18)17(22)25-8-4-5-9-26-19(23)24/h2-3,6-7,14H,4-5,8-11H2,1H3. The average molecular weight is 412 g/mol. The minimum absolute atomic E-state index is 0.0681. The Hall–Kier alpha value is -2.82. The molecule has 1 heterocycles. The largest absolute Gasteiger partial charge is 0.464 e. The number of esters is 2. The van der Waals surface area contributed by atoms with Gasteiger partial charge in [0.1, 0.15) is 11.8 Å². The first kappa shape index (κ1) is 21.5. The first-order chi connectivity index (χ1) is 13.4. The number of benzene rings is 1. The molecular weight excluding hydrogens is 392 g/mol. The van der Waals surface area contributed by atoms with Crippen molar-refractivity contribution in [3.8, 4) is 5.75 Å². The lowest BCUT2D eigenvalue weighted by atomic mass is 10.1. The van der Waals surface area contributed by atoms with Crippen LogP contribution < -0.4 is 4.74 Å². The Morgan fingerprint density at radius 3 is 2.68 bits per heavy atom. The molecule has 1 aromatic rings. The maximum Gasteiger partial charge on any atom is 0.329 e. The number of amides is 1. The molecule has 0 saturated carbocycles. The van der Waals surface area contributed by atoms with Gasteiger partial charge in [-0.05, 0) is 25.0 Å². The average Bonchev–Trinajstić information content (AvgIpc) is 3.13. The van der Waals surface area contributed by atoms with Crippen LogP contribution in [0.2, 0.25) is 0 Å². The van der Waals surface area contributed by atoms with Crippen LogP contribution >= 0.6 is 11.8 Å². The molecular formula is C17H20N2O8S. The molecule has 1 aromatic carbocycles. The maximum absolute atomic E-state index is 12.9. The molecule has 1 aliphatic rings. The van der Waals surface area contributed by atoms with Gasteiger partial charge in [0.05, 0.1) is 24.7 Å². The van der Waals surface area contributed by atoms with Gasteiger partial charge in [-0.2, -0.15) is 0 Å². The molecule has 1 fully saturated rings. The summed E-state index contributed by atoms with van der Waals surface area (Å²) < 4.78 is 10.3. The Kier molecular flexibility index (Phi) is 8.05. The smallest absolute Gasteiger partial charge is 0.329 e. The molecule has 1 unspecified atom stereocenters. The number of carbonyl (C=O) groups excluding carboxylic acids is 3. The van der Waals surface area contributed by atoms with Crippen LogP contribution in [0, 0.1) is 10.1 Å². The predicted octanol–water partition coefficient (Wildman–Crippen LogP) is 1.66. The van der Waals surface area contributed by atoms with Crippen LogP contribution in [-0.2, 0) is 19.2 Å². The number of ether oxygens (including phenoxy) is 2. The fourth-order valence-corrected chi connectivity index (χ4v) is 3.63. The second kappa shape index (κ2) is 10.5. The van der Waals surface area contributed by atoms with Gasteiger partial charge in [0.15, 0.2) is 0 Å². The second-order valence-corrected chi connectivity index (χ2v) is 6.81. The highest BCUT2D eigenvalue weighted by Gasteiger charge is 2.37. The number of rotatable bonds is 9. The topological polar surface area (TPSA) is 125 Å². The molecule has 1 saturated heterocycles. The number of hydrogen-bond acceptors (Lipinski definition) is 9. The van der Waals surface area contributed by atoms with Gasteiger partial charge >= 0.3 is 11.9 Å². The summed E-state index contributed by atoms with van der Waals surface area (Å²) in [6.45, 7) is 1.25. The van der Waals surface area contributed by atoms with Crippen molar-refractivity contribution < 1.29 is 33.8 Å². The highest BCUT2D eigenvalue weighted by molar-refractivity contribution is 7.99. The van der Waals surface area contributed by atoms with E-state index in [4.69, 9.17) is 9.47 Å². The molecule has 0 N–H and O–H groups in total. The van der Waals surface area contributed by atoms with Crippen LogP contribution in [0.1, 0.15) is 30.1 Å². The molecule has 1 atom stereocenters. The van der Waals surface area contributed by atoms with Gasteiger partial charge in [-0.1, -0.05) is 12.1 Å². The van der Waals surface area contributed by atoms with Gasteiger partial charge in [0.25, 0.3) is 11.0 Å². The Labute approximate surface area is 165 Å². The molecule has 1 aliphatic heterocycles. The molecule has 0 bridgehead atoms. The molecule has 11 heteroatoms. The highest BCUT2D eigenvalue weighted by atomic mass is 32.2. The van der Waals surface area contributed by atoms with E-state index in [2.05, 4.69) is 4.84 Å². The second-order valence-electron chi connectivity index (χ2n) is 5.81. The highest BCUT2D eigenvalue weighted by Crippen LogP contribution is 2.27. The number of hydrogen-bond donors (Lipinski definition) is 0. The van der Waals surface area contributed by atoms with E-state index in [0.29, 0.717) is 24.5 Å². The SMILES string of the molecule is CC(=O)Oc1ccccc1C(=O)N1CSCC1C(=O)OCCCCO[N+](=O)[O-]. The third-order valence-electron chi connectivity index (χ3n) is 3.77. The third kappa shape index (κ3) is 6.12. The zero-order valence-corrected chi connectivity index (χ0v) is 16.0. The number of thioether (sulfide) groups is 1. The van der Waals surface area contributed by atoms with Crippen molar-refractivity contribution >= 4 is 29.6 Å². The number of carbonyl (C=O) groups is 3. The lowest BCUT2D eigenvalue weighted by Gasteiger charge is -2.23. The van der Waals surface area contributed by atoms with E-state index >= 15 is 0 Å². The van der Waals surface area contributed by atoms with E-state index in [9.17, 15) is 24.5 Å². The van der Waals surface area contributed by atoms with Crippen LogP contribution in [-0.4, -0.2) is 58.7 Å². The van der Waals surface area contributed by atoms with Crippen molar-refractivity contribution in [2.45, 2.75) is 25.8 Å². The van der Waals surface area contributed by atoms with Crippen molar-refractivity contribution in [3.63, 3.8) is 0 Å². The van der Waals surface area contributed by atoms with Gasteiger partial charge < -0.3 is 19.2 Å². The van der Waals surface area contributed by atoms with E-state index in [1.165, 1.54) is 35.7 Å². The summed E-state index contributed by atoms with van der Waals surface area (Å²) >= 11 is 1.41. The minimum atomic E-state index is -0.876. The zero-order chi connectivity index (χ0) is 20.5. The Morgan fingerprint density at radius 2 is 1.96 bits per heavy atom. The molecule has 1 amide bonds. The maximum atomic E-state index is 12.9. The van der Waals surface area contributed by atoms with Crippen molar-refractivity contribution in [3.05, 3.63) is 39.9 Å². The lowest BCUT2D eigenvalue weighted by Crippen LogP contribution is -2.43. The number of nitrogens with zero attached hydrogens (tertiary/aromatic N) is 2. The van der Waals surface area contributed by atoms with E-state index in [0.717, 1.165) is 0 Å². The number of unbranched alkanes of at least 4 members (excludes halogenated alkanes) is 1.